The standard InChI is InChI=1S/C24H27N3O4/c1-26(2)21-11-7-19(8-12-21)15-27(16-22-4-3-13-30-22)23(28)17-31-24(29)20-9-5-18(14-25)6-10-20/h5-12,22H,3-4,13,15-17H2,1-2H3/t22-/m1/s1. The number of ether oxygens (including phenoxy) is 2. The van der Waals surface area contributed by atoms with Crippen LogP contribution in [0.3, 0.4) is 0 Å². The smallest absolute Gasteiger partial charge is 0.338 e. The molecule has 0 spiro atoms. The Morgan fingerprint density at radius 1 is 1.13 bits per heavy atom. The lowest BCUT2D eigenvalue weighted by molar-refractivity contribution is -0.136. The Labute approximate surface area is 182 Å². The van der Waals surface area contributed by atoms with Crippen LogP contribution < -0.4 is 4.90 Å². The summed E-state index contributed by atoms with van der Waals surface area (Å²) in [6, 6.07) is 16.1. The van der Waals surface area contributed by atoms with Crippen molar-refractivity contribution in [3.05, 3.63) is 65.2 Å². The Bertz CT molecular complexity index is 927. The van der Waals surface area contributed by atoms with Gasteiger partial charge in [0.25, 0.3) is 5.91 Å². The van der Waals surface area contributed by atoms with Crippen molar-refractivity contribution in [2.24, 2.45) is 0 Å². The molecule has 3 rings (SSSR count). The molecule has 1 amide bonds. The summed E-state index contributed by atoms with van der Waals surface area (Å²) in [6.45, 7) is 1.24. The number of anilines is 1. The van der Waals surface area contributed by atoms with Crippen molar-refractivity contribution in [1.29, 1.82) is 5.26 Å². The average molecular weight is 421 g/mol. The third kappa shape index (κ3) is 6.30. The molecule has 0 N–H and O–H groups in total. The Morgan fingerprint density at radius 2 is 1.84 bits per heavy atom. The third-order valence-corrected chi connectivity index (χ3v) is 5.20. The van der Waals surface area contributed by atoms with E-state index >= 15 is 0 Å². The largest absolute Gasteiger partial charge is 0.452 e. The van der Waals surface area contributed by atoms with Crippen LogP contribution in [0.1, 0.15) is 34.3 Å². The number of rotatable bonds is 8. The van der Waals surface area contributed by atoms with Crippen LogP contribution in [0.4, 0.5) is 5.69 Å². The SMILES string of the molecule is CN(C)c1ccc(CN(C[C@H]2CCCO2)C(=O)COC(=O)c2ccc(C#N)cc2)cc1. The van der Waals surface area contributed by atoms with Crippen LogP contribution in [0.2, 0.25) is 0 Å². The van der Waals surface area contributed by atoms with Crippen molar-refractivity contribution in [1.82, 2.24) is 4.90 Å². The second-order valence-electron chi connectivity index (χ2n) is 7.74. The molecule has 0 aromatic heterocycles. The molecule has 31 heavy (non-hydrogen) atoms. The van der Waals surface area contributed by atoms with Gasteiger partial charge in [-0.25, -0.2) is 4.79 Å². The van der Waals surface area contributed by atoms with Crippen molar-refractivity contribution >= 4 is 17.6 Å². The van der Waals surface area contributed by atoms with E-state index in [1.807, 2.05) is 49.3 Å². The molecule has 1 heterocycles. The monoisotopic (exact) mass is 421 g/mol. The fraction of sp³-hybridized carbons (Fsp3) is 0.375. The fourth-order valence-corrected chi connectivity index (χ4v) is 3.39. The topological polar surface area (TPSA) is 82.9 Å². The van der Waals surface area contributed by atoms with Gasteiger partial charge in [-0.3, -0.25) is 4.79 Å². The highest BCUT2D eigenvalue weighted by Gasteiger charge is 2.24. The number of esters is 1. The highest BCUT2D eigenvalue weighted by atomic mass is 16.5. The Kier molecular flexibility index (Phi) is 7.63. The number of nitrogens with zero attached hydrogens (tertiary/aromatic N) is 3. The third-order valence-electron chi connectivity index (χ3n) is 5.20. The van der Waals surface area contributed by atoms with Crippen LogP contribution in [0.25, 0.3) is 0 Å². The Hall–Kier alpha value is -3.37. The first kappa shape index (κ1) is 22.3. The van der Waals surface area contributed by atoms with Gasteiger partial charge >= 0.3 is 5.97 Å². The van der Waals surface area contributed by atoms with Gasteiger partial charge in [-0.15, -0.1) is 0 Å². The molecule has 0 radical (unpaired) electrons. The van der Waals surface area contributed by atoms with Gasteiger partial charge in [-0.05, 0) is 54.8 Å². The molecule has 0 aliphatic carbocycles. The van der Waals surface area contributed by atoms with E-state index in [4.69, 9.17) is 14.7 Å². The van der Waals surface area contributed by atoms with Crippen LogP contribution >= 0.6 is 0 Å². The molecule has 0 bridgehead atoms. The average Bonchev–Trinajstić information content (AvgIpc) is 3.30. The summed E-state index contributed by atoms with van der Waals surface area (Å²) in [6.07, 6.45) is 1.89. The van der Waals surface area contributed by atoms with Crippen LogP contribution in [0.15, 0.2) is 48.5 Å². The van der Waals surface area contributed by atoms with Crippen molar-refractivity contribution in [3.8, 4) is 6.07 Å². The fourth-order valence-electron chi connectivity index (χ4n) is 3.39. The summed E-state index contributed by atoms with van der Waals surface area (Å²) in [4.78, 5) is 28.9. The van der Waals surface area contributed by atoms with Crippen molar-refractivity contribution in [2.45, 2.75) is 25.5 Å². The summed E-state index contributed by atoms with van der Waals surface area (Å²) < 4.78 is 10.9. The minimum Gasteiger partial charge on any atom is -0.452 e. The van der Waals surface area contributed by atoms with Crippen molar-refractivity contribution in [2.75, 3.05) is 38.8 Å². The molecular formula is C24H27N3O4. The van der Waals surface area contributed by atoms with E-state index in [1.165, 1.54) is 12.1 Å². The summed E-state index contributed by atoms with van der Waals surface area (Å²) in [7, 11) is 3.95. The Balaban J connectivity index is 1.63. The first-order valence-corrected chi connectivity index (χ1v) is 10.3. The van der Waals surface area contributed by atoms with Crippen LogP contribution in [-0.4, -0.2) is 56.7 Å². The maximum absolute atomic E-state index is 12.9. The van der Waals surface area contributed by atoms with E-state index in [0.717, 1.165) is 24.1 Å². The molecule has 2 aromatic rings. The minimum absolute atomic E-state index is 0.000717. The molecule has 1 aliphatic heterocycles. The van der Waals surface area contributed by atoms with Crippen molar-refractivity contribution in [3.63, 3.8) is 0 Å². The number of benzene rings is 2. The molecule has 0 unspecified atom stereocenters. The van der Waals surface area contributed by atoms with E-state index in [1.54, 1.807) is 17.0 Å². The second kappa shape index (κ2) is 10.6. The molecular weight excluding hydrogens is 394 g/mol. The number of carbonyl (C=O) groups is 2. The zero-order valence-corrected chi connectivity index (χ0v) is 17.9. The summed E-state index contributed by atoms with van der Waals surface area (Å²) in [5.41, 5.74) is 2.83. The van der Waals surface area contributed by atoms with Gasteiger partial charge in [0.05, 0.1) is 23.3 Å². The number of carbonyl (C=O) groups excluding carboxylic acids is 2. The van der Waals surface area contributed by atoms with Gasteiger partial charge in [0.2, 0.25) is 0 Å². The quantitative estimate of drug-likeness (QED) is 0.610. The molecule has 162 valence electrons. The molecule has 1 atom stereocenters. The van der Waals surface area contributed by atoms with Gasteiger partial charge in [0, 0.05) is 39.5 Å². The molecule has 2 aromatic carbocycles. The normalized spacial score (nSPS) is 15.2. The lowest BCUT2D eigenvalue weighted by Gasteiger charge is -2.26. The first-order chi connectivity index (χ1) is 15.0. The van der Waals surface area contributed by atoms with E-state index < -0.39 is 5.97 Å². The number of amides is 1. The first-order valence-electron chi connectivity index (χ1n) is 10.3. The van der Waals surface area contributed by atoms with E-state index in [0.29, 0.717) is 30.8 Å². The van der Waals surface area contributed by atoms with Gasteiger partial charge in [-0.1, -0.05) is 12.1 Å². The maximum Gasteiger partial charge on any atom is 0.338 e. The summed E-state index contributed by atoms with van der Waals surface area (Å²) >= 11 is 0. The maximum atomic E-state index is 12.9. The number of nitriles is 1. The molecule has 7 nitrogen and oxygen atoms in total. The molecule has 1 aliphatic rings. The molecule has 1 saturated heterocycles. The minimum atomic E-state index is -0.592. The van der Waals surface area contributed by atoms with E-state index in [-0.39, 0.29) is 18.6 Å². The van der Waals surface area contributed by atoms with Crippen LogP contribution in [0.5, 0.6) is 0 Å². The van der Waals surface area contributed by atoms with E-state index in [9.17, 15) is 9.59 Å². The predicted octanol–water partition coefficient (Wildman–Crippen LogP) is 2.99. The van der Waals surface area contributed by atoms with Gasteiger partial charge in [-0.2, -0.15) is 5.26 Å². The predicted molar refractivity (Wildman–Crippen MR) is 117 cm³/mol. The summed E-state index contributed by atoms with van der Waals surface area (Å²) in [5.74, 6) is -0.862. The van der Waals surface area contributed by atoms with E-state index in [2.05, 4.69) is 0 Å². The highest BCUT2D eigenvalue weighted by Crippen LogP contribution is 2.18. The van der Waals surface area contributed by atoms with Gasteiger partial charge < -0.3 is 19.3 Å². The second-order valence-corrected chi connectivity index (χ2v) is 7.74. The van der Waals surface area contributed by atoms with Gasteiger partial charge in [0.15, 0.2) is 6.61 Å². The van der Waals surface area contributed by atoms with Crippen molar-refractivity contribution < 1.29 is 19.1 Å². The van der Waals surface area contributed by atoms with Gasteiger partial charge in [0.1, 0.15) is 0 Å². The molecule has 7 heteroatoms. The zero-order valence-electron chi connectivity index (χ0n) is 17.9. The lowest BCUT2D eigenvalue weighted by atomic mass is 10.1. The van der Waals surface area contributed by atoms with Crippen LogP contribution in [-0.2, 0) is 20.8 Å². The number of hydrogen-bond acceptors (Lipinski definition) is 6. The summed E-state index contributed by atoms with van der Waals surface area (Å²) in [5, 5.41) is 8.86. The Morgan fingerprint density at radius 3 is 2.42 bits per heavy atom. The molecule has 1 fully saturated rings. The number of hydrogen-bond donors (Lipinski definition) is 0. The zero-order chi connectivity index (χ0) is 22.2. The van der Waals surface area contributed by atoms with Crippen LogP contribution in [0, 0.1) is 11.3 Å². The molecule has 0 saturated carbocycles. The lowest BCUT2D eigenvalue weighted by Crippen LogP contribution is -2.39. The highest BCUT2D eigenvalue weighted by molar-refractivity contribution is 5.91.